The summed E-state index contributed by atoms with van der Waals surface area (Å²) in [6, 6.07) is 7.99. The molecule has 0 aliphatic heterocycles. The number of hydroxylamine groups is 1. The van der Waals surface area contributed by atoms with Gasteiger partial charge in [0.1, 0.15) is 0 Å². The number of imidazole rings is 1. The van der Waals surface area contributed by atoms with Crippen LogP contribution < -0.4 is 21.6 Å². The van der Waals surface area contributed by atoms with Crippen LogP contribution >= 0.6 is 7.75 Å². The van der Waals surface area contributed by atoms with Crippen LogP contribution in [0.3, 0.4) is 0 Å². The molecule has 0 spiro atoms. The van der Waals surface area contributed by atoms with Crippen LogP contribution in [0, 0.1) is 11.8 Å². The van der Waals surface area contributed by atoms with E-state index in [1.165, 1.54) is 25.0 Å². The zero-order valence-corrected chi connectivity index (χ0v) is 22.7. The van der Waals surface area contributed by atoms with Gasteiger partial charge >= 0.3 is 13.7 Å². The summed E-state index contributed by atoms with van der Waals surface area (Å²) in [5.74, 6) is 0.514. The number of aromatic nitrogens is 4. The molecule has 2 heterocycles. The highest BCUT2D eigenvalue weighted by Gasteiger charge is 2.33. The third kappa shape index (κ3) is 6.39. The van der Waals surface area contributed by atoms with Gasteiger partial charge in [0.05, 0.1) is 31.8 Å². The molecule has 39 heavy (non-hydrogen) atoms. The number of carbonyl (C=O) groups excluding carboxylic acids is 1. The van der Waals surface area contributed by atoms with E-state index in [9.17, 15) is 9.36 Å². The van der Waals surface area contributed by atoms with E-state index in [0.29, 0.717) is 35.0 Å². The number of nitrogens with zero attached hydrogens (tertiary/aromatic N) is 5. The molecule has 0 saturated heterocycles. The second-order valence-electron chi connectivity index (χ2n) is 9.79. The van der Waals surface area contributed by atoms with E-state index in [2.05, 4.69) is 20.3 Å². The summed E-state index contributed by atoms with van der Waals surface area (Å²) in [6.45, 7) is 2.40. The fourth-order valence-corrected chi connectivity index (χ4v) is 5.39. The third-order valence-electron chi connectivity index (χ3n) is 6.79. The van der Waals surface area contributed by atoms with E-state index in [4.69, 9.17) is 25.1 Å². The number of hydrogen-bond acceptors (Lipinski definition) is 11. The first-order valence-electron chi connectivity index (χ1n) is 12.8. The van der Waals surface area contributed by atoms with Gasteiger partial charge in [0.15, 0.2) is 23.0 Å². The van der Waals surface area contributed by atoms with Crippen molar-refractivity contribution in [2.24, 2.45) is 17.3 Å². The molecule has 4 atom stereocenters. The Hall–Kier alpha value is -3.51. The molecule has 1 fully saturated rings. The van der Waals surface area contributed by atoms with Gasteiger partial charge in [-0.2, -0.15) is 9.97 Å². The molecule has 1 saturated carbocycles. The van der Waals surface area contributed by atoms with Crippen molar-refractivity contribution in [1.29, 1.82) is 0 Å². The molecule has 2 aromatic heterocycles. The van der Waals surface area contributed by atoms with Crippen LogP contribution in [0.4, 0.5) is 17.5 Å². The number of nitrogens with two attached hydrogens (primary N) is 2. The lowest BCUT2D eigenvalue weighted by Crippen LogP contribution is -2.39. The highest BCUT2D eigenvalue weighted by Crippen LogP contribution is 2.42. The third-order valence-corrected chi connectivity index (χ3v) is 7.73. The number of nitrogens with one attached hydrogen (secondary N) is 1. The van der Waals surface area contributed by atoms with Crippen molar-refractivity contribution in [2.45, 2.75) is 38.3 Å². The number of fused-ring (bicyclic) bond motifs is 1. The highest BCUT2D eigenvalue weighted by molar-refractivity contribution is 7.51. The van der Waals surface area contributed by atoms with Gasteiger partial charge in [0.25, 0.3) is 0 Å². The lowest BCUT2D eigenvalue weighted by molar-refractivity contribution is -0.138. The fraction of sp³-hybridized carbons (Fsp3) is 0.440. The molecular weight excluding hydrogens is 523 g/mol. The van der Waals surface area contributed by atoms with Crippen LogP contribution in [-0.2, 0) is 23.2 Å². The second-order valence-corrected chi connectivity index (χ2v) is 11.3. The summed E-state index contributed by atoms with van der Waals surface area (Å²) >= 11 is 0. The van der Waals surface area contributed by atoms with E-state index >= 15 is 0 Å². The summed E-state index contributed by atoms with van der Waals surface area (Å²) in [7, 11) is -2.75. The maximum absolute atomic E-state index is 12.8. The lowest BCUT2D eigenvalue weighted by Gasteiger charge is -2.27. The van der Waals surface area contributed by atoms with Crippen LogP contribution in [0.1, 0.15) is 32.2 Å². The molecule has 208 valence electrons. The Kier molecular flexibility index (Phi) is 7.85. The molecule has 0 bridgehead atoms. The van der Waals surface area contributed by atoms with Crippen molar-refractivity contribution >= 4 is 42.3 Å². The first kappa shape index (κ1) is 27.1. The monoisotopic (exact) mass is 556 g/mol. The Bertz CT molecular complexity index is 1400. The smallest absolute Gasteiger partial charge is 0.378 e. The largest absolute Gasteiger partial charge is 0.458 e. The summed E-state index contributed by atoms with van der Waals surface area (Å²) in [4.78, 5) is 31.3. The molecule has 0 radical (unpaired) electrons. The summed E-state index contributed by atoms with van der Waals surface area (Å²) < 4.78 is 25.2. The number of para-hydroxylation sites is 1. The predicted molar refractivity (Wildman–Crippen MR) is 146 cm³/mol. The fourth-order valence-electron chi connectivity index (χ4n) is 4.53. The summed E-state index contributed by atoms with van der Waals surface area (Å²) in [5, 5.41) is 4.68. The second kappa shape index (κ2) is 11.3. The first-order valence-corrected chi connectivity index (χ1v) is 14.4. The van der Waals surface area contributed by atoms with Crippen LogP contribution in [-0.4, -0.2) is 51.8 Å². The standard InChI is InChI=1S/C25H33N8O5P/c1-16(33(36-2)19-6-4-3-5-7-19)24(34)38-39(27,35)37-14-18-10-11-20(12-18)32-15-29-21-22(28-13-17-8-9-17)30-25(26)31-23(21)32/h3-7,10-11,15-18,20H,8-9,12-14H2,1-2H3,(H2,27,35)(H3,26,28,30,31)/t16-,18+,20-,39?/m0/s1. The van der Waals surface area contributed by atoms with Crippen molar-refractivity contribution in [3.63, 3.8) is 0 Å². The van der Waals surface area contributed by atoms with Crippen molar-refractivity contribution in [3.8, 4) is 0 Å². The number of hydrogen-bond donors (Lipinski definition) is 3. The van der Waals surface area contributed by atoms with E-state index in [1.807, 2.05) is 22.8 Å². The zero-order valence-electron chi connectivity index (χ0n) is 21.8. The Balaban J connectivity index is 1.17. The van der Waals surface area contributed by atoms with Gasteiger partial charge in [-0.15, -0.1) is 0 Å². The average Bonchev–Trinajstić information content (AvgIpc) is 3.46. The van der Waals surface area contributed by atoms with Crippen molar-refractivity contribution in [2.75, 3.05) is 36.4 Å². The van der Waals surface area contributed by atoms with Crippen LogP contribution in [0.15, 0.2) is 48.8 Å². The topological polar surface area (TPSA) is 173 Å². The number of nitrogen functional groups attached to an aromatic ring is 1. The van der Waals surface area contributed by atoms with Crippen molar-refractivity contribution in [1.82, 2.24) is 19.5 Å². The van der Waals surface area contributed by atoms with E-state index in [0.717, 1.165) is 6.54 Å². The number of allylic oxidation sites excluding steroid dienone is 1. The number of anilines is 3. The van der Waals surface area contributed by atoms with Gasteiger partial charge in [0, 0.05) is 12.5 Å². The van der Waals surface area contributed by atoms with E-state index in [-0.39, 0.29) is 24.5 Å². The Morgan fingerprint density at radius 2 is 2.03 bits per heavy atom. The van der Waals surface area contributed by atoms with Crippen LogP contribution in [0.25, 0.3) is 11.2 Å². The van der Waals surface area contributed by atoms with Gasteiger partial charge < -0.3 is 20.1 Å². The van der Waals surface area contributed by atoms with Crippen molar-refractivity contribution in [3.05, 3.63) is 48.8 Å². The molecule has 1 aromatic carbocycles. The van der Waals surface area contributed by atoms with Gasteiger partial charge in [-0.1, -0.05) is 30.4 Å². The summed E-state index contributed by atoms with van der Waals surface area (Å²) in [5.41, 5.74) is 13.7. The molecule has 13 nitrogen and oxygen atoms in total. The minimum Gasteiger partial charge on any atom is -0.378 e. The summed E-state index contributed by atoms with van der Waals surface area (Å²) in [6.07, 6.45) is 8.71. The molecule has 0 amide bonds. The maximum Gasteiger partial charge on any atom is 0.458 e. The van der Waals surface area contributed by atoms with Gasteiger partial charge in [-0.3, -0.25) is 9.36 Å². The molecule has 2 aliphatic rings. The minimum absolute atomic E-state index is 0.00701. The van der Waals surface area contributed by atoms with E-state index in [1.54, 1.807) is 37.5 Å². The van der Waals surface area contributed by atoms with Crippen molar-refractivity contribution < 1.29 is 23.2 Å². The average molecular weight is 557 g/mol. The molecule has 14 heteroatoms. The normalized spacial score (nSPS) is 21.0. The highest BCUT2D eigenvalue weighted by atomic mass is 31.2. The predicted octanol–water partition coefficient (Wildman–Crippen LogP) is 3.43. The zero-order chi connectivity index (χ0) is 27.6. The van der Waals surface area contributed by atoms with Gasteiger partial charge in [-0.25, -0.2) is 24.9 Å². The molecule has 2 aliphatic carbocycles. The Labute approximate surface area is 226 Å². The van der Waals surface area contributed by atoms with Crippen LogP contribution in [0.5, 0.6) is 0 Å². The molecule has 5 N–H and O–H groups in total. The number of carbonyl (C=O) groups is 1. The maximum atomic E-state index is 12.8. The van der Waals surface area contributed by atoms with E-state index < -0.39 is 19.8 Å². The molecular formula is C25H33N8O5P. The van der Waals surface area contributed by atoms with Gasteiger partial charge in [-0.05, 0) is 44.2 Å². The molecule has 5 rings (SSSR count). The van der Waals surface area contributed by atoms with Crippen LogP contribution in [0.2, 0.25) is 0 Å². The van der Waals surface area contributed by atoms with Gasteiger partial charge in [0.2, 0.25) is 5.95 Å². The molecule has 1 unspecified atom stereocenters. The Morgan fingerprint density at radius 1 is 1.26 bits per heavy atom. The number of benzene rings is 1. The SMILES string of the molecule is CON(c1ccccc1)[C@@H](C)C(=O)OP(N)(=O)OC[C@@H]1C=C[C@H](n2cnc3c(NCC4CC4)nc(N)nc32)C1. The number of rotatable bonds is 12. The first-order chi connectivity index (χ1) is 18.7. The minimum atomic E-state index is -4.17. The quantitative estimate of drug-likeness (QED) is 0.169. The lowest BCUT2D eigenvalue weighted by atomic mass is 10.1. The molecule has 3 aromatic rings. The Morgan fingerprint density at radius 3 is 2.74 bits per heavy atom.